The van der Waals surface area contributed by atoms with Gasteiger partial charge in [0, 0.05) is 7.05 Å². The van der Waals surface area contributed by atoms with Gasteiger partial charge in [-0.15, -0.1) is 0 Å². The zero-order chi connectivity index (χ0) is 13.5. The lowest BCUT2D eigenvalue weighted by atomic mass is 10.1. The van der Waals surface area contributed by atoms with Crippen LogP contribution in [0.25, 0.3) is 0 Å². The molecule has 4 heteroatoms. The largest absolute Gasteiger partial charge is 0.445 e. The van der Waals surface area contributed by atoms with Crippen molar-refractivity contribution in [3.8, 4) is 0 Å². The van der Waals surface area contributed by atoms with Gasteiger partial charge in [0.2, 0.25) is 0 Å². The summed E-state index contributed by atoms with van der Waals surface area (Å²) in [5.74, 6) is 0.0665. The van der Waals surface area contributed by atoms with Crippen LogP contribution in [0.4, 0.5) is 4.79 Å². The van der Waals surface area contributed by atoms with Crippen LogP contribution in [0, 0.1) is 5.92 Å². The van der Waals surface area contributed by atoms with Gasteiger partial charge in [0.25, 0.3) is 0 Å². The van der Waals surface area contributed by atoms with Gasteiger partial charge >= 0.3 is 6.09 Å². The van der Waals surface area contributed by atoms with Crippen molar-refractivity contribution in [3.63, 3.8) is 0 Å². The standard InChI is InChI=1S/C14H19NO3/c1-11(2)13(9-16)15(3)14(17)18-10-12-7-5-4-6-8-12/h4-9,11,13H,10H2,1-3H3/t13-/m1/s1. The Labute approximate surface area is 108 Å². The summed E-state index contributed by atoms with van der Waals surface area (Å²) in [6.45, 7) is 3.99. The highest BCUT2D eigenvalue weighted by molar-refractivity contribution is 5.73. The van der Waals surface area contributed by atoms with E-state index in [1.165, 1.54) is 4.90 Å². The number of aldehydes is 1. The van der Waals surface area contributed by atoms with E-state index in [9.17, 15) is 9.59 Å². The summed E-state index contributed by atoms with van der Waals surface area (Å²) < 4.78 is 5.15. The van der Waals surface area contributed by atoms with Crippen LogP contribution >= 0.6 is 0 Å². The van der Waals surface area contributed by atoms with Crippen molar-refractivity contribution in [3.05, 3.63) is 35.9 Å². The molecule has 0 aliphatic carbocycles. The lowest BCUT2D eigenvalue weighted by molar-refractivity contribution is -0.112. The second-order valence-electron chi connectivity index (χ2n) is 4.52. The van der Waals surface area contributed by atoms with E-state index < -0.39 is 12.1 Å². The van der Waals surface area contributed by atoms with Crippen molar-refractivity contribution in [1.82, 2.24) is 4.90 Å². The maximum Gasteiger partial charge on any atom is 0.410 e. The Morgan fingerprint density at radius 3 is 2.44 bits per heavy atom. The average Bonchev–Trinajstić information content (AvgIpc) is 2.37. The van der Waals surface area contributed by atoms with Crippen LogP contribution < -0.4 is 0 Å². The smallest absolute Gasteiger partial charge is 0.410 e. The van der Waals surface area contributed by atoms with Crippen LogP contribution in [-0.2, 0) is 16.1 Å². The second kappa shape index (κ2) is 6.79. The van der Waals surface area contributed by atoms with Crippen LogP contribution in [0.5, 0.6) is 0 Å². The van der Waals surface area contributed by atoms with E-state index >= 15 is 0 Å². The molecule has 1 aromatic rings. The Morgan fingerprint density at radius 1 is 1.33 bits per heavy atom. The number of carbonyl (C=O) groups is 2. The molecule has 0 unspecified atom stereocenters. The zero-order valence-electron chi connectivity index (χ0n) is 11.0. The summed E-state index contributed by atoms with van der Waals surface area (Å²) in [7, 11) is 1.58. The van der Waals surface area contributed by atoms with E-state index in [1.54, 1.807) is 7.05 Å². The topological polar surface area (TPSA) is 46.6 Å². The average molecular weight is 249 g/mol. The molecule has 1 aromatic carbocycles. The summed E-state index contributed by atoms with van der Waals surface area (Å²) in [4.78, 5) is 24.0. The number of hydrogen-bond acceptors (Lipinski definition) is 3. The number of carbonyl (C=O) groups excluding carboxylic acids is 2. The van der Waals surface area contributed by atoms with Gasteiger partial charge in [0.05, 0.1) is 6.04 Å². The quantitative estimate of drug-likeness (QED) is 0.753. The van der Waals surface area contributed by atoms with Gasteiger partial charge in [-0.3, -0.25) is 0 Å². The van der Waals surface area contributed by atoms with E-state index in [0.29, 0.717) is 0 Å². The van der Waals surface area contributed by atoms with Gasteiger partial charge in [0.1, 0.15) is 12.9 Å². The summed E-state index contributed by atoms with van der Waals surface area (Å²) in [6.07, 6.45) is 0.290. The molecule has 0 aliphatic rings. The molecule has 0 spiro atoms. The third-order valence-corrected chi connectivity index (χ3v) is 2.76. The first kappa shape index (κ1) is 14.2. The molecular weight excluding hydrogens is 230 g/mol. The highest BCUT2D eigenvalue weighted by Crippen LogP contribution is 2.09. The third kappa shape index (κ3) is 3.87. The minimum atomic E-state index is -0.482. The molecule has 0 N–H and O–H groups in total. The first-order valence-corrected chi connectivity index (χ1v) is 5.95. The van der Waals surface area contributed by atoms with E-state index in [-0.39, 0.29) is 12.5 Å². The Morgan fingerprint density at radius 2 is 1.94 bits per heavy atom. The lowest BCUT2D eigenvalue weighted by Crippen LogP contribution is -2.41. The van der Waals surface area contributed by atoms with Gasteiger partial charge in [0.15, 0.2) is 0 Å². The molecule has 18 heavy (non-hydrogen) atoms. The Hall–Kier alpha value is -1.84. The molecule has 1 amide bonds. The number of benzene rings is 1. The van der Waals surface area contributed by atoms with Crippen molar-refractivity contribution in [1.29, 1.82) is 0 Å². The highest BCUT2D eigenvalue weighted by atomic mass is 16.6. The summed E-state index contributed by atoms with van der Waals surface area (Å²) in [6, 6.07) is 8.98. The molecule has 0 bridgehead atoms. The summed E-state index contributed by atoms with van der Waals surface area (Å²) in [5.41, 5.74) is 0.923. The number of nitrogens with zero attached hydrogens (tertiary/aromatic N) is 1. The first-order chi connectivity index (χ1) is 8.56. The van der Waals surface area contributed by atoms with Crippen LogP contribution in [0.15, 0.2) is 30.3 Å². The molecule has 0 aromatic heterocycles. The first-order valence-electron chi connectivity index (χ1n) is 5.95. The van der Waals surface area contributed by atoms with E-state index in [4.69, 9.17) is 4.74 Å². The Balaban J connectivity index is 2.52. The maximum absolute atomic E-state index is 11.8. The molecule has 0 fully saturated rings. The molecule has 0 saturated carbocycles. The number of hydrogen-bond donors (Lipinski definition) is 0. The second-order valence-corrected chi connectivity index (χ2v) is 4.52. The van der Waals surface area contributed by atoms with Crippen molar-refractivity contribution in [2.24, 2.45) is 5.92 Å². The zero-order valence-corrected chi connectivity index (χ0v) is 11.0. The fourth-order valence-corrected chi connectivity index (χ4v) is 1.64. The number of ether oxygens (including phenoxy) is 1. The predicted molar refractivity (Wildman–Crippen MR) is 69.1 cm³/mol. The maximum atomic E-state index is 11.8. The van der Waals surface area contributed by atoms with Gasteiger partial charge in [-0.05, 0) is 11.5 Å². The molecule has 1 rings (SSSR count). The van der Waals surface area contributed by atoms with Crippen LogP contribution in [0.2, 0.25) is 0 Å². The molecule has 98 valence electrons. The number of amides is 1. The van der Waals surface area contributed by atoms with Crippen LogP contribution in [0.3, 0.4) is 0 Å². The van der Waals surface area contributed by atoms with Gasteiger partial charge in [-0.25, -0.2) is 4.79 Å². The fraction of sp³-hybridized carbons (Fsp3) is 0.429. The molecule has 4 nitrogen and oxygen atoms in total. The highest BCUT2D eigenvalue weighted by Gasteiger charge is 2.23. The fourth-order valence-electron chi connectivity index (χ4n) is 1.64. The van der Waals surface area contributed by atoms with Crippen molar-refractivity contribution < 1.29 is 14.3 Å². The summed E-state index contributed by atoms with van der Waals surface area (Å²) in [5, 5.41) is 0. The van der Waals surface area contributed by atoms with Crippen LogP contribution in [0.1, 0.15) is 19.4 Å². The molecule has 0 radical (unpaired) electrons. The van der Waals surface area contributed by atoms with Gasteiger partial charge in [-0.1, -0.05) is 44.2 Å². The van der Waals surface area contributed by atoms with Crippen molar-refractivity contribution >= 4 is 12.4 Å². The normalized spacial score (nSPS) is 12.0. The molecule has 0 saturated heterocycles. The van der Waals surface area contributed by atoms with E-state index in [2.05, 4.69) is 0 Å². The Bertz CT molecular complexity index is 389. The van der Waals surface area contributed by atoms with Crippen molar-refractivity contribution in [2.75, 3.05) is 7.05 Å². The van der Waals surface area contributed by atoms with Crippen molar-refractivity contribution in [2.45, 2.75) is 26.5 Å². The Kier molecular flexibility index (Phi) is 5.36. The monoisotopic (exact) mass is 249 g/mol. The minimum Gasteiger partial charge on any atom is -0.445 e. The predicted octanol–water partition coefficient (Wildman–Crippen LogP) is 2.48. The minimum absolute atomic E-state index is 0.0665. The van der Waals surface area contributed by atoms with Crippen LogP contribution in [-0.4, -0.2) is 30.4 Å². The SMILES string of the molecule is CC(C)[C@@H](C=O)N(C)C(=O)OCc1ccccc1. The molecule has 0 heterocycles. The molecule has 0 aliphatic heterocycles. The summed E-state index contributed by atoms with van der Waals surface area (Å²) >= 11 is 0. The third-order valence-electron chi connectivity index (χ3n) is 2.76. The molecular formula is C14H19NO3. The lowest BCUT2D eigenvalue weighted by Gasteiger charge is -2.25. The van der Waals surface area contributed by atoms with Gasteiger partial charge in [-0.2, -0.15) is 0 Å². The van der Waals surface area contributed by atoms with Gasteiger partial charge < -0.3 is 14.4 Å². The number of likely N-dealkylation sites (N-methyl/N-ethyl adjacent to an activating group) is 1. The van der Waals surface area contributed by atoms with E-state index in [0.717, 1.165) is 11.8 Å². The van der Waals surface area contributed by atoms with E-state index in [1.807, 2.05) is 44.2 Å². The molecule has 1 atom stereocenters. The number of rotatable bonds is 5.